The van der Waals surface area contributed by atoms with Crippen molar-refractivity contribution in [1.29, 1.82) is 0 Å². The van der Waals surface area contributed by atoms with Crippen molar-refractivity contribution in [2.75, 3.05) is 0 Å². The summed E-state index contributed by atoms with van der Waals surface area (Å²) < 4.78 is 32.7. The molecular weight excluding hydrogens is 270 g/mol. The van der Waals surface area contributed by atoms with E-state index in [0.717, 1.165) is 10.6 Å². The normalized spacial score (nSPS) is 11.5. The molecule has 0 aliphatic heterocycles. The topological polar surface area (TPSA) is 96.6 Å². The molecule has 0 aliphatic carbocycles. The molecule has 0 amide bonds. The average molecular weight is 281 g/mol. The van der Waals surface area contributed by atoms with Crippen LogP contribution in [0.5, 0.6) is 5.88 Å². The molecule has 0 saturated carbocycles. The Morgan fingerprint density at radius 2 is 1.74 bits per heavy atom. The summed E-state index contributed by atoms with van der Waals surface area (Å²) in [7, 11) is -3.49. The van der Waals surface area contributed by atoms with Gasteiger partial charge in [-0.3, -0.25) is 13.9 Å². The first-order valence-corrected chi connectivity index (χ1v) is 6.72. The SMILES string of the molecule is Cn1c(O)cc(-c2ccccc2)c(S(=O)(=O)O)c1=O. The van der Waals surface area contributed by atoms with Crippen LogP contribution >= 0.6 is 0 Å². The van der Waals surface area contributed by atoms with Crippen LogP contribution in [0.15, 0.2) is 46.1 Å². The van der Waals surface area contributed by atoms with Crippen molar-refractivity contribution in [1.82, 2.24) is 4.57 Å². The summed E-state index contributed by atoms with van der Waals surface area (Å²) in [5.41, 5.74) is -0.617. The third-order valence-corrected chi connectivity index (χ3v) is 3.61. The highest BCUT2D eigenvalue weighted by Gasteiger charge is 2.23. The Hall–Kier alpha value is -2.12. The van der Waals surface area contributed by atoms with Crippen LogP contribution in [0.2, 0.25) is 0 Å². The number of rotatable bonds is 2. The third-order valence-electron chi connectivity index (χ3n) is 2.70. The van der Waals surface area contributed by atoms with Crippen LogP contribution in [-0.4, -0.2) is 22.6 Å². The first-order valence-electron chi connectivity index (χ1n) is 5.28. The molecule has 2 N–H and O–H groups in total. The number of pyridine rings is 1. The highest BCUT2D eigenvalue weighted by Crippen LogP contribution is 2.27. The zero-order valence-electron chi connectivity index (χ0n) is 9.94. The summed E-state index contributed by atoms with van der Waals surface area (Å²) in [5.74, 6) is -0.392. The van der Waals surface area contributed by atoms with E-state index in [1.807, 2.05) is 0 Å². The number of aromatic hydroxyl groups is 1. The smallest absolute Gasteiger partial charge is 0.300 e. The monoisotopic (exact) mass is 281 g/mol. The van der Waals surface area contributed by atoms with E-state index in [0.29, 0.717) is 5.56 Å². The molecule has 2 aromatic rings. The maximum absolute atomic E-state index is 11.9. The van der Waals surface area contributed by atoms with Gasteiger partial charge < -0.3 is 5.11 Å². The molecule has 0 radical (unpaired) electrons. The Labute approximate surface area is 109 Å². The molecule has 1 aromatic carbocycles. The van der Waals surface area contributed by atoms with E-state index in [9.17, 15) is 22.9 Å². The van der Waals surface area contributed by atoms with Gasteiger partial charge in [-0.15, -0.1) is 0 Å². The Bertz CT molecular complexity index is 778. The number of aromatic nitrogens is 1. The predicted octanol–water partition coefficient (Wildman–Crippen LogP) is 1.00. The number of benzene rings is 1. The molecule has 100 valence electrons. The van der Waals surface area contributed by atoms with Gasteiger partial charge >= 0.3 is 10.1 Å². The zero-order valence-corrected chi connectivity index (χ0v) is 10.8. The lowest BCUT2D eigenvalue weighted by Crippen LogP contribution is -2.24. The largest absolute Gasteiger partial charge is 0.494 e. The molecule has 0 saturated heterocycles. The van der Waals surface area contributed by atoms with E-state index in [-0.39, 0.29) is 5.56 Å². The predicted molar refractivity (Wildman–Crippen MR) is 68.6 cm³/mol. The first kappa shape index (κ1) is 13.3. The van der Waals surface area contributed by atoms with E-state index in [1.54, 1.807) is 30.3 Å². The molecule has 0 spiro atoms. The van der Waals surface area contributed by atoms with Gasteiger partial charge in [0.15, 0.2) is 10.8 Å². The second-order valence-electron chi connectivity index (χ2n) is 3.95. The number of nitrogens with zero attached hydrogens (tertiary/aromatic N) is 1. The molecule has 0 fully saturated rings. The molecule has 19 heavy (non-hydrogen) atoms. The van der Waals surface area contributed by atoms with Crippen molar-refractivity contribution in [3.8, 4) is 17.0 Å². The molecule has 1 aromatic heterocycles. The minimum atomic E-state index is -4.70. The molecule has 2 rings (SSSR count). The van der Waals surface area contributed by atoms with Gasteiger partial charge in [0.1, 0.15) is 0 Å². The van der Waals surface area contributed by atoms with Gasteiger partial charge in [0.2, 0.25) is 0 Å². The molecule has 0 unspecified atom stereocenters. The van der Waals surface area contributed by atoms with E-state index < -0.39 is 26.5 Å². The van der Waals surface area contributed by atoms with Gasteiger partial charge in [0, 0.05) is 18.7 Å². The Kier molecular flexibility index (Phi) is 3.17. The average Bonchev–Trinajstić information content (AvgIpc) is 2.35. The van der Waals surface area contributed by atoms with Crippen LogP contribution in [0.3, 0.4) is 0 Å². The molecule has 6 nitrogen and oxygen atoms in total. The minimum absolute atomic E-state index is 0.0382. The van der Waals surface area contributed by atoms with Gasteiger partial charge in [-0.25, -0.2) is 0 Å². The molecule has 0 bridgehead atoms. The lowest BCUT2D eigenvalue weighted by molar-refractivity contribution is 0.419. The van der Waals surface area contributed by atoms with Crippen molar-refractivity contribution in [3.05, 3.63) is 46.8 Å². The molecule has 7 heteroatoms. The van der Waals surface area contributed by atoms with Crippen LogP contribution in [0.4, 0.5) is 0 Å². The maximum atomic E-state index is 11.9. The molecule has 0 aliphatic rings. The van der Waals surface area contributed by atoms with Crippen molar-refractivity contribution < 1.29 is 18.1 Å². The van der Waals surface area contributed by atoms with Gasteiger partial charge in [-0.1, -0.05) is 30.3 Å². The molecule has 0 atom stereocenters. The highest BCUT2D eigenvalue weighted by molar-refractivity contribution is 7.86. The van der Waals surface area contributed by atoms with Crippen LogP contribution in [-0.2, 0) is 17.2 Å². The summed E-state index contributed by atoms with van der Waals surface area (Å²) in [4.78, 5) is 11.1. The minimum Gasteiger partial charge on any atom is -0.494 e. The van der Waals surface area contributed by atoms with E-state index in [2.05, 4.69) is 0 Å². The van der Waals surface area contributed by atoms with E-state index in [4.69, 9.17) is 0 Å². The van der Waals surface area contributed by atoms with Gasteiger partial charge in [-0.05, 0) is 5.56 Å². The molecule has 1 heterocycles. The van der Waals surface area contributed by atoms with Crippen LogP contribution < -0.4 is 5.56 Å². The summed E-state index contributed by atoms with van der Waals surface area (Å²) in [6.45, 7) is 0. The molecular formula is C12H11NO5S. The fourth-order valence-corrected chi connectivity index (χ4v) is 2.56. The van der Waals surface area contributed by atoms with Crippen LogP contribution in [0, 0.1) is 0 Å². The highest BCUT2D eigenvalue weighted by atomic mass is 32.2. The van der Waals surface area contributed by atoms with Crippen molar-refractivity contribution >= 4 is 10.1 Å². The van der Waals surface area contributed by atoms with Crippen molar-refractivity contribution in [3.63, 3.8) is 0 Å². The van der Waals surface area contributed by atoms with E-state index in [1.165, 1.54) is 7.05 Å². The first-order chi connectivity index (χ1) is 8.82. The number of hydrogen-bond acceptors (Lipinski definition) is 4. The Morgan fingerprint density at radius 1 is 1.16 bits per heavy atom. The number of hydrogen-bond donors (Lipinski definition) is 2. The maximum Gasteiger partial charge on any atom is 0.300 e. The lowest BCUT2D eigenvalue weighted by atomic mass is 10.1. The Balaban J connectivity index is 2.93. The fourth-order valence-electron chi connectivity index (χ4n) is 1.74. The summed E-state index contributed by atoms with van der Waals surface area (Å²) in [6.07, 6.45) is 0. The van der Waals surface area contributed by atoms with Crippen LogP contribution in [0.25, 0.3) is 11.1 Å². The fraction of sp³-hybridized carbons (Fsp3) is 0.0833. The Morgan fingerprint density at radius 3 is 2.26 bits per heavy atom. The summed E-state index contributed by atoms with van der Waals surface area (Å²) in [6, 6.07) is 9.29. The van der Waals surface area contributed by atoms with Gasteiger partial charge in [0.05, 0.1) is 0 Å². The summed E-state index contributed by atoms with van der Waals surface area (Å²) >= 11 is 0. The lowest BCUT2D eigenvalue weighted by Gasteiger charge is -2.10. The second-order valence-corrected chi connectivity index (χ2v) is 5.31. The van der Waals surface area contributed by atoms with E-state index >= 15 is 0 Å². The second kappa shape index (κ2) is 4.52. The quantitative estimate of drug-likeness (QED) is 0.801. The summed E-state index contributed by atoms with van der Waals surface area (Å²) in [5, 5.41) is 9.62. The standard InChI is InChI=1S/C12H11NO5S/c1-13-10(14)7-9(8-5-3-2-4-6-8)11(12(13)15)19(16,17)18/h2-7,14H,1H3,(H,16,17,18). The van der Waals surface area contributed by atoms with Gasteiger partial charge in [0.25, 0.3) is 5.56 Å². The van der Waals surface area contributed by atoms with Crippen LogP contribution in [0.1, 0.15) is 0 Å². The third kappa shape index (κ3) is 2.38. The zero-order chi connectivity index (χ0) is 14.2. The van der Waals surface area contributed by atoms with Gasteiger partial charge in [-0.2, -0.15) is 8.42 Å². The van der Waals surface area contributed by atoms with Crippen molar-refractivity contribution in [2.24, 2.45) is 7.05 Å². The van der Waals surface area contributed by atoms with Crippen molar-refractivity contribution in [2.45, 2.75) is 4.90 Å².